The molecule has 2 unspecified atom stereocenters. The molecule has 4 nitrogen and oxygen atoms in total. The van der Waals surface area contributed by atoms with Crippen LogP contribution in [0.1, 0.15) is 49.6 Å². The molecular weight excluding hydrogens is 262 g/mol. The molecule has 3 rings (SSSR count). The van der Waals surface area contributed by atoms with E-state index in [0.29, 0.717) is 11.7 Å². The lowest BCUT2D eigenvalue weighted by Crippen LogP contribution is -2.07. The Morgan fingerprint density at radius 1 is 1.29 bits per heavy atom. The Morgan fingerprint density at radius 3 is 2.71 bits per heavy atom. The van der Waals surface area contributed by atoms with Gasteiger partial charge in [-0.05, 0) is 44.7 Å². The molecule has 1 aliphatic rings. The van der Waals surface area contributed by atoms with E-state index in [-0.39, 0.29) is 0 Å². The molecular formula is C17H23N3O. The first-order valence-corrected chi connectivity index (χ1v) is 7.79. The largest absolute Gasteiger partial charge is 0.457 e. The zero-order valence-electron chi connectivity index (χ0n) is 13.2. The number of furan rings is 1. The molecule has 0 aliphatic heterocycles. The predicted molar refractivity (Wildman–Crippen MR) is 84.5 cm³/mol. The third kappa shape index (κ3) is 2.80. The van der Waals surface area contributed by atoms with Gasteiger partial charge in [-0.15, -0.1) is 0 Å². The summed E-state index contributed by atoms with van der Waals surface area (Å²) in [7, 11) is 0. The first-order chi connectivity index (χ1) is 10.1. The van der Waals surface area contributed by atoms with Gasteiger partial charge >= 0.3 is 0 Å². The highest BCUT2D eigenvalue weighted by atomic mass is 16.3. The molecule has 0 radical (unpaired) electrons. The van der Waals surface area contributed by atoms with Crippen LogP contribution in [0.25, 0.3) is 11.6 Å². The van der Waals surface area contributed by atoms with Crippen LogP contribution in [0, 0.1) is 19.8 Å². The fraction of sp³-hybridized carbons (Fsp3) is 0.529. The minimum absolute atomic E-state index is 0.586. The Morgan fingerprint density at radius 2 is 2.05 bits per heavy atom. The average Bonchev–Trinajstić information content (AvgIpc) is 3.01. The number of aryl methyl sites for hydroxylation is 1. The normalized spacial score (nSPS) is 20.6. The number of hydrogen-bond acceptors (Lipinski definition) is 4. The third-order valence-corrected chi connectivity index (χ3v) is 4.25. The van der Waals surface area contributed by atoms with Gasteiger partial charge in [0.25, 0.3) is 0 Å². The first kappa shape index (κ1) is 14.1. The first-order valence-electron chi connectivity index (χ1n) is 7.79. The van der Waals surface area contributed by atoms with Gasteiger partial charge in [-0.2, -0.15) is 0 Å². The van der Waals surface area contributed by atoms with Crippen molar-refractivity contribution in [3.05, 3.63) is 29.2 Å². The molecule has 0 saturated heterocycles. The van der Waals surface area contributed by atoms with Crippen molar-refractivity contribution in [1.29, 1.82) is 0 Å². The van der Waals surface area contributed by atoms with Crippen molar-refractivity contribution in [2.45, 2.75) is 46.5 Å². The molecule has 0 amide bonds. The average molecular weight is 285 g/mol. The van der Waals surface area contributed by atoms with Gasteiger partial charge in [0.05, 0.1) is 0 Å². The standard InChI is InChI=1S/C17H23N3O/c1-5-8-18-16-11(3)12(4)19-17(20-16)15-7-6-14(21-15)13-9-10(13)2/h6-7,10,13H,5,8-9H2,1-4H3,(H,18,19,20). The van der Waals surface area contributed by atoms with Crippen molar-refractivity contribution in [2.75, 3.05) is 11.9 Å². The minimum Gasteiger partial charge on any atom is -0.457 e. The lowest BCUT2D eigenvalue weighted by atomic mass is 10.2. The fourth-order valence-electron chi connectivity index (χ4n) is 2.55. The second-order valence-electron chi connectivity index (χ2n) is 6.05. The Labute approximate surface area is 126 Å². The SMILES string of the molecule is CCCNc1nc(-c2ccc(C3CC3C)o2)nc(C)c1C. The summed E-state index contributed by atoms with van der Waals surface area (Å²) in [6.07, 6.45) is 2.30. The Hall–Kier alpha value is -1.84. The van der Waals surface area contributed by atoms with E-state index in [4.69, 9.17) is 4.42 Å². The molecule has 4 heteroatoms. The maximum Gasteiger partial charge on any atom is 0.197 e. The Kier molecular flexibility index (Phi) is 3.70. The lowest BCUT2D eigenvalue weighted by Gasteiger charge is -2.10. The third-order valence-electron chi connectivity index (χ3n) is 4.25. The van der Waals surface area contributed by atoms with E-state index in [1.165, 1.54) is 6.42 Å². The summed E-state index contributed by atoms with van der Waals surface area (Å²) in [4.78, 5) is 9.22. The van der Waals surface area contributed by atoms with Crippen LogP contribution < -0.4 is 5.32 Å². The number of nitrogens with zero attached hydrogens (tertiary/aromatic N) is 2. The second-order valence-corrected chi connectivity index (χ2v) is 6.05. The quantitative estimate of drug-likeness (QED) is 0.890. The van der Waals surface area contributed by atoms with Gasteiger partial charge < -0.3 is 9.73 Å². The van der Waals surface area contributed by atoms with Crippen molar-refractivity contribution < 1.29 is 4.42 Å². The predicted octanol–water partition coefficient (Wildman–Crippen LogP) is 4.30. The highest BCUT2D eigenvalue weighted by molar-refractivity contribution is 5.55. The molecule has 1 saturated carbocycles. The van der Waals surface area contributed by atoms with E-state index in [1.54, 1.807) is 0 Å². The molecule has 1 aliphatic carbocycles. The van der Waals surface area contributed by atoms with E-state index in [0.717, 1.165) is 47.5 Å². The number of hydrogen-bond donors (Lipinski definition) is 1. The summed E-state index contributed by atoms with van der Waals surface area (Å²) >= 11 is 0. The summed E-state index contributed by atoms with van der Waals surface area (Å²) in [6, 6.07) is 4.06. The van der Waals surface area contributed by atoms with E-state index in [2.05, 4.69) is 42.1 Å². The van der Waals surface area contributed by atoms with Gasteiger partial charge in [0.1, 0.15) is 11.6 Å². The van der Waals surface area contributed by atoms with Gasteiger partial charge in [-0.25, -0.2) is 9.97 Å². The maximum atomic E-state index is 5.97. The molecule has 2 aromatic rings. The Balaban J connectivity index is 1.90. The smallest absolute Gasteiger partial charge is 0.197 e. The summed E-state index contributed by atoms with van der Waals surface area (Å²) in [6.45, 7) is 9.39. The van der Waals surface area contributed by atoms with Crippen LogP contribution in [0.2, 0.25) is 0 Å². The van der Waals surface area contributed by atoms with Gasteiger partial charge in [0.2, 0.25) is 0 Å². The zero-order chi connectivity index (χ0) is 15.0. The van der Waals surface area contributed by atoms with Crippen molar-refractivity contribution in [3.8, 4) is 11.6 Å². The van der Waals surface area contributed by atoms with Crippen LogP contribution in [0.15, 0.2) is 16.5 Å². The molecule has 112 valence electrons. The molecule has 0 aromatic carbocycles. The van der Waals surface area contributed by atoms with E-state index < -0.39 is 0 Å². The van der Waals surface area contributed by atoms with Crippen LogP contribution in [0.5, 0.6) is 0 Å². The molecule has 1 fully saturated rings. The van der Waals surface area contributed by atoms with Gasteiger partial charge in [-0.3, -0.25) is 0 Å². The summed E-state index contributed by atoms with van der Waals surface area (Å²) in [5, 5.41) is 3.37. The lowest BCUT2D eigenvalue weighted by molar-refractivity contribution is 0.515. The monoisotopic (exact) mass is 285 g/mol. The maximum absolute atomic E-state index is 5.97. The molecule has 0 bridgehead atoms. The van der Waals surface area contributed by atoms with Crippen LogP contribution in [0.4, 0.5) is 5.82 Å². The van der Waals surface area contributed by atoms with Crippen molar-refractivity contribution in [1.82, 2.24) is 9.97 Å². The molecule has 21 heavy (non-hydrogen) atoms. The van der Waals surface area contributed by atoms with E-state index in [1.807, 2.05) is 13.0 Å². The van der Waals surface area contributed by atoms with Crippen molar-refractivity contribution in [2.24, 2.45) is 5.92 Å². The number of aromatic nitrogens is 2. The minimum atomic E-state index is 0.586. The van der Waals surface area contributed by atoms with Gasteiger partial charge in [-0.1, -0.05) is 13.8 Å². The van der Waals surface area contributed by atoms with Crippen LogP contribution >= 0.6 is 0 Å². The van der Waals surface area contributed by atoms with Gasteiger partial charge in [0.15, 0.2) is 11.6 Å². The van der Waals surface area contributed by atoms with Crippen molar-refractivity contribution in [3.63, 3.8) is 0 Å². The number of anilines is 1. The zero-order valence-corrected chi connectivity index (χ0v) is 13.2. The summed E-state index contributed by atoms with van der Waals surface area (Å²) < 4.78 is 5.97. The summed E-state index contributed by atoms with van der Waals surface area (Å²) in [5.74, 6) is 4.76. The molecule has 2 heterocycles. The van der Waals surface area contributed by atoms with Crippen LogP contribution in [-0.4, -0.2) is 16.5 Å². The van der Waals surface area contributed by atoms with Crippen LogP contribution in [0.3, 0.4) is 0 Å². The molecule has 2 atom stereocenters. The topological polar surface area (TPSA) is 51.0 Å². The summed E-state index contributed by atoms with van der Waals surface area (Å²) in [5.41, 5.74) is 2.10. The highest BCUT2D eigenvalue weighted by Gasteiger charge is 2.36. The molecule has 2 aromatic heterocycles. The number of rotatable bonds is 5. The molecule has 1 N–H and O–H groups in total. The Bertz CT molecular complexity index is 647. The van der Waals surface area contributed by atoms with Crippen LogP contribution in [-0.2, 0) is 0 Å². The van der Waals surface area contributed by atoms with E-state index in [9.17, 15) is 0 Å². The molecule has 0 spiro atoms. The van der Waals surface area contributed by atoms with Gasteiger partial charge in [0, 0.05) is 23.7 Å². The number of nitrogens with one attached hydrogen (secondary N) is 1. The van der Waals surface area contributed by atoms with Crippen molar-refractivity contribution >= 4 is 5.82 Å². The van der Waals surface area contributed by atoms with E-state index >= 15 is 0 Å². The highest BCUT2D eigenvalue weighted by Crippen LogP contribution is 2.47. The fourth-order valence-corrected chi connectivity index (χ4v) is 2.55. The second kappa shape index (κ2) is 5.51.